The van der Waals surface area contributed by atoms with Crippen LogP contribution in [-0.4, -0.2) is 51.0 Å². The van der Waals surface area contributed by atoms with E-state index in [9.17, 15) is 14.7 Å². The molecule has 1 aromatic heterocycles. The number of carbonyl (C=O) groups is 2. The predicted octanol–water partition coefficient (Wildman–Crippen LogP) is 4.72. The summed E-state index contributed by atoms with van der Waals surface area (Å²) in [6.07, 6.45) is 5.80. The molecule has 1 N–H and O–H groups in total. The summed E-state index contributed by atoms with van der Waals surface area (Å²) in [5.74, 6) is -0.862. The quantitative estimate of drug-likeness (QED) is 0.453. The number of aromatic nitrogens is 1. The summed E-state index contributed by atoms with van der Waals surface area (Å²) < 4.78 is 1.91. The van der Waals surface area contributed by atoms with Gasteiger partial charge in [0.25, 0.3) is 0 Å². The van der Waals surface area contributed by atoms with Gasteiger partial charge in [-0.15, -0.1) is 0 Å². The second kappa shape index (κ2) is 10.1. The van der Waals surface area contributed by atoms with E-state index >= 15 is 0 Å². The van der Waals surface area contributed by atoms with Crippen molar-refractivity contribution in [2.45, 2.75) is 32.7 Å². The Hall–Kier alpha value is -2.40. The molecule has 0 atom stereocenters. The minimum absolute atomic E-state index is 0. The molecule has 0 unspecified atom stereocenters. The fourth-order valence-corrected chi connectivity index (χ4v) is 3.09. The van der Waals surface area contributed by atoms with Gasteiger partial charge in [0.2, 0.25) is 5.78 Å². The van der Waals surface area contributed by atoms with Gasteiger partial charge in [0.05, 0.1) is 11.1 Å². The monoisotopic (exact) mass is 410 g/mol. The first kappa shape index (κ1) is 23.9. The number of carboxylic acids is 1. The summed E-state index contributed by atoms with van der Waals surface area (Å²) in [7, 11) is 0. The van der Waals surface area contributed by atoms with Crippen molar-refractivity contribution in [2.75, 3.05) is 0 Å². The largest absolute Gasteiger partial charge is 0.481 e. The Bertz CT molecular complexity index is 1060. The van der Waals surface area contributed by atoms with E-state index in [-0.39, 0.29) is 35.3 Å². The summed E-state index contributed by atoms with van der Waals surface area (Å²) in [6.45, 7) is 5.93. The van der Waals surface area contributed by atoms with Crippen LogP contribution in [0.4, 0.5) is 0 Å². The maximum absolute atomic E-state index is 12.8. The summed E-state index contributed by atoms with van der Waals surface area (Å²) in [5, 5.41) is 9.43. The molecule has 1 heterocycles. The standard InChI is InChI=1S/C25H25NO3.Na/c1-18-11-13-20(14-12-18)23(27)22-10-6-16-26(22)15-5-8-19-7-4-9-21(17-19)25(2,3)24(28)29;/h4-14,16-17H,15H2,1-3H3,(H,28,29);/b8-5+;. The van der Waals surface area contributed by atoms with Crippen molar-refractivity contribution in [3.63, 3.8) is 0 Å². The number of rotatable bonds is 7. The first-order chi connectivity index (χ1) is 13.8. The minimum Gasteiger partial charge on any atom is -0.481 e. The van der Waals surface area contributed by atoms with Gasteiger partial charge in [-0.3, -0.25) is 9.59 Å². The van der Waals surface area contributed by atoms with Gasteiger partial charge in [-0.1, -0.05) is 66.2 Å². The zero-order valence-electron chi connectivity index (χ0n) is 17.9. The number of hydrogen-bond donors (Lipinski definition) is 1. The molecule has 0 aliphatic rings. The van der Waals surface area contributed by atoms with Crippen LogP contribution in [0.2, 0.25) is 0 Å². The van der Waals surface area contributed by atoms with Crippen molar-refractivity contribution in [1.82, 2.24) is 4.57 Å². The molecule has 0 amide bonds. The molecule has 149 valence electrons. The SMILES string of the molecule is Cc1ccc(C(=O)c2cccn2C/C=C/c2cccc(C(C)(C)C(=O)O)c2)cc1.[Na]. The van der Waals surface area contributed by atoms with Gasteiger partial charge in [0, 0.05) is 47.9 Å². The van der Waals surface area contributed by atoms with Crippen molar-refractivity contribution >= 4 is 47.4 Å². The van der Waals surface area contributed by atoms with Crippen LogP contribution in [0.3, 0.4) is 0 Å². The number of aryl methyl sites for hydroxylation is 1. The third kappa shape index (κ3) is 5.39. The average molecular weight is 410 g/mol. The molecule has 0 bridgehead atoms. The Balaban J connectivity index is 0.00000320. The van der Waals surface area contributed by atoms with E-state index in [0.717, 1.165) is 16.7 Å². The number of ketones is 1. The van der Waals surface area contributed by atoms with Crippen LogP contribution in [-0.2, 0) is 16.8 Å². The molecule has 0 fully saturated rings. The normalized spacial score (nSPS) is 11.3. The van der Waals surface area contributed by atoms with Crippen molar-refractivity contribution in [3.05, 3.63) is 101 Å². The van der Waals surface area contributed by atoms with E-state index in [1.54, 1.807) is 13.8 Å². The summed E-state index contributed by atoms with van der Waals surface area (Å²) >= 11 is 0. The predicted molar refractivity (Wildman–Crippen MR) is 121 cm³/mol. The molecule has 0 saturated carbocycles. The van der Waals surface area contributed by atoms with Gasteiger partial charge in [-0.2, -0.15) is 0 Å². The number of allylic oxidation sites excluding steroid dienone is 1. The Labute approximate surface area is 199 Å². The number of carbonyl (C=O) groups excluding carboxylic acids is 1. The van der Waals surface area contributed by atoms with Gasteiger partial charge in [0.15, 0.2) is 0 Å². The Kier molecular flexibility index (Phi) is 8.02. The summed E-state index contributed by atoms with van der Waals surface area (Å²) in [6, 6.07) is 18.8. The van der Waals surface area contributed by atoms with Gasteiger partial charge in [-0.05, 0) is 44.0 Å². The topological polar surface area (TPSA) is 59.3 Å². The molecule has 0 saturated heterocycles. The van der Waals surface area contributed by atoms with Crippen molar-refractivity contribution < 1.29 is 14.7 Å². The maximum atomic E-state index is 12.8. The number of benzene rings is 2. The molecular weight excluding hydrogens is 385 g/mol. The third-order valence-corrected chi connectivity index (χ3v) is 5.13. The van der Waals surface area contributed by atoms with E-state index in [1.165, 1.54) is 0 Å². The third-order valence-electron chi connectivity index (χ3n) is 5.13. The van der Waals surface area contributed by atoms with Crippen LogP contribution in [0.25, 0.3) is 6.08 Å². The molecule has 0 aliphatic carbocycles. The van der Waals surface area contributed by atoms with E-state index in [0.29, 0.717) is 17.8 Å². The molecule has 30 heavy (non-hydrogen) atoms. The summed E-state index contributed by atoms with van der Waals surface area (Å²) in [4.78, 5) is 24.3. The number of hydrogen-bond acceptors (Lipinski definition) is 2. The Morgan fingerprint density at radius 3 is 2.40 bits per heavy atom. The van der Waals surface area contributed by atoms with E-state index in [2.05, 4.69) is 0 Å². The average Bonchev–Trinajstić information content (AvgIpc) is 3.16. The Morgan fingerprint density at radius 2 is 1.73 bits per heavy atom. The molecule has 0 spiro atoms. The molecule has 3 aromatic rings. The maximum Gasteiger partial charge on any atom is 0.313 e. The number of aliphatic carboxylic acids is 1. The molecule has 2 aromatic carbocycles. The van der Waals surface area contributed by atoms with Crippen LogP contribution in [0.1, 0.15) is 46.6 Å². The van der Waals surface area contributed by atoms with Crippen LogP contribution < -0.4 is 0 Å². The molecule has 1 radical (unpaired) electrons. The summed E-state index contributed by atoms with van der Waals surface area (Å²) in [5.41, 5.74) is 3.16. The first-order valence-electron chi connectivity index (χ1n) is 9.56. The molecule has 3 rings (SSSR count). The van der Waals surface area contributed by atoms with Crippen LogP contribution in [0.5, 0.6) is 0 Å². The van der Waals surface area contributed by atoms with Crippen molar-refractivity contribution in [3.8, 4) is 0 Å². The van der Waals surface area contributed by atoms with Crippen molar-refractivity contribution in [2.24, 2.45) is 0 Å². The fraction of sp³-hybridized carbons (Fsp3) is 0.200. The first-order valence-corrected chi connectivity index (χ1v) is 9.56. The van der Waals surface area contributed by atoms with Crippen LogP contribution in [0.15, 0.2) is 72.9 Å². The van der Waals surface area contributed by atoms with Gasteiger partial charge >= 0.3 is 5.97 Å². The van der Waals surface area contributed by atoms with E-state index < -0.39 is 11.4 Å². The Morgan fingerprint density at radius 1 is 1.03 bits per heavy atom. The molecule has 5 heteroatoms. The van der Waals surface area contributed by atoms with Crippen LogP contribution in [0, 0.1) is 6.92 Å². The number of nitrogens with zero attached hydrogens (tertiary/aromatic N) is 1. The van der Waals surface area contributed by atoms with E-state index in [1.807, 2.05) is 90.5 Å². The smallest absolute Gasteiger partial charge is 0.313 e. The fourth-order valence-electron chi connectivity index (χ4n) is 3.09. The van der Waals surface area contributed by atoms with E-state index in [4.69, 9.17) is 0 Å². The van der Waals surface area contributed by atoms with Crippen LogP contribution >= 0.6 is 0 Å². The van der Waals surface area contributed by atoms with Crippen molar-refractivity contribution in [1.29, 1.82) is 0 Å². The second-order valence-corrected chi connectivity index (χ2v) is 7.70. The zero-order chi connectivity index (χ0) is 21.0. The van der Waals surface area contributed by atoms with Gasteiger partial charge in [-0.25, -0.2) is 0 Å². The zero-order valence-corrected chi connectivity index (χ0v) is 19.9. The minimum atomic E-state index is -0.947. The molecular formula is C25H25NNaO3. The second-order valence-electron chi connectivity index (χ2n) is 7.70. The van der Waals surface area contributed by atoms with Gasteiger partial charge in [0.1, 0.15) is 0 Å². The van der Waals surface area contributed by atoms with Gasteiger partial charge < -0.3 is 9.67 Å². The number of carboxylic acid groups (broad SMARTS) is 1. The molecule has 0 aliphatic heterocycles. The molecule has 4 nitrogen and oxygen atoms in total.